The van der Waals surface area contributed by atoms with Gasteiger partial charge < -0.3 is 15.2 Å². The molecule has 2 aromatic carbocycles. The van der Waals surface area contributed by atoms with Crippen LogP contribution in [0, 0.1) is 0 Å². The van der Waals surface area contributed by atoms with Crippen LogP contribution in [0.5, 0.6) is 5.75 Å². The summed E-state index contributed by atoms with van der Waals surface area (Å²) in [6.45, 7) is 0. The highest BCUT2D eigenvalue weighted by atomic mass is 19.4. The zero-order valence-corrected chi connectivity index (χ0v) is 13.7. The van der Waals surface area contributed by atoms with Crippen molar-refractivity contribution in [3.63, 3.8) is 0 Å². The van der Waals surface area contributed by atoms with Gasteiger partial charge in [-0.1, -0.05) is 12.1 Å². The van der Waals surface area contributed by atoms with Crippen LogP contribution in [0.3, 0.4) is 0 Å². The Morgan fingerprint density at radius 1 is 1.08 bits per heavy atom. The number of halogens is 3. The number of hydrogen-bond acceptors (Lipinski definition) is 3. The average molecular weight is 367 g/mol. The maximum absolute atomic E-state index is 12.5. The summed E-state index contributed by atoms with van der Waals surface area (Å²) in [5.41, 5.74) is -0.285. The van der Waals surface area contributed by atoms with Crippen molar-refractivity contribution in [3.05, 3.63) is 65.2 Å². The van der Waals surface area contributed by atoms with Gasteiger partial charge >= 0.3 is 12.1 Å². The zero-order valence-electron chi connectivity index (χ0n) is 13.7. The molecule has 138 valence electrons. The van der Waals surface area contributed by atoms with E-state index in [0.29, 0.717) is 11.3 Å². The van der Waals surface area contributed by atoms with Gasteiger partial charge in [0.15, 0.2) is 0 Å². The lowest BCUT2D eigenvalue weighted by Gasteiger charge is -2.15. The minimum absolute atomic E-state index is 0.0195. The standard InChI is InChI=1S/C18H16F3NO4/c1-26-14-8-2-11(3-9-14)10-15(17(24)25)22-16(23)12-4-6-13(7-5-12)18(19,20)21/h2-9,15H,10H2,1H3,(H,22,23)(H,24,25)/t15-/m1/s1. The molecule has 0 saturated heterocycles. The van der Waals surface area contributed by atoms with E-state index < -0.39 is 29.7 Å². The summed E-state index contributed by atoms with van der Waals surface area (Å²) in [6, 6.07) is 8.98. The summed E-state index contributed by atoms with van der Waals surface area (Å²) < 4.78 is 42.6. The first-order chi connectivity index (χ1) is 12.2. The molecule has 26 heavy (non-hydrogen) atoms. The van der Waals surface area contributed by atoms with Gasteiger partial charge in [0.2, 0.25) is 0 Å². The maximum atomic E-state index is 12.5. The van der Waals surface area contributed by atoms with Crippen LogP contribution >= 0.6 is 0 Å². The summed E-state index contributed by atoms with van der Waals surface area (Å²) in [5.74, 6) is -1.41. The van der Waals surface area contributed by atoms with Gasteiger partial charge in [-0.25, -0.2) is 4.79 Å². The lowest BCUT2D eigenvalue weighted by molar-refractivity contribution is -0.139. The minimum Gasteiger partial charge on any atom is -0.497 e. The Labute approximate surface area is 147 Å². The molecule has 0 spiro atoms. The zero-order chi connectivity index (χ0) is 19.3. The summed E-state index contributed by atoms with van der Waals surface area (Å²) in [7, 11) is 1.50. The van der Waals surface area contributed by atoms with Crippen molar-refractivity contribution in [2.45, 2.75) is 18.6 Å². The number of nitrogens with one attached hydrogen (secondary N) is 1. The maximum Gasteiger partial charge on any atom is 0.416 e. The van der Waals surface area contributed by atoms with E-state index in [0.717, 1.165) is 24.3 Å². The molecule has 0 unspecified atom stereocenters. The Morgan fingerprint density at radius 2 is 1.65 bits per heavy atom. The molecular weight excluding hydrogens is 351 g/mol. The summed E-state index contributed by atoms with van der Waals surface area (Å²) in [4.78, 5) is 23.5. The number of carboxylic acids is 1. The molecule has 1 atom stereocenters. The normalized spacial score (nSPS) is 12.3. The highest BCUT2D eigenvalue weighted by Gasteiger charge is 2.30. The van der Waals surface area contributed by atoms with Crippen molar-refractivity contribution < 1.29 is 32.6 Å². The molecule has 2 aromatic rings. The molecule has 0 saturated carbocycles. The molecule has 0 aliphatic heterocycles. The molecule has 1 amide bonds. The first kappa shape index (κ1) is 19.3. The molecule has 0 bridgehead atoms. The molecule has 0 radical (unpaired) electrons. The van der Waals surface area contributed by atoms with Crippen LogP contribution in [-0.4, -0.2) is 30.1 Å². The van der Waals surface area contributed by atoms with Crippen molar-refractivity contribution >= 4 is 11.9 Å². The number of methoxy groups -OCH3 is 1. The Kier molecular flexibility index (Phi) is 5.86. The fraction of sp³-hybridized carbons (Fsp3) is 0.222. The number of alkyl halides is 3. The van der Waals surface area contributed by atoms with E-state index in [2.05, 4.69) is 5.32 Å². The number of carbonyl (C=O) groups is 2. The van der Waals surface area contributed by atoms with E-state index in [1.165, 1.54) is 7.11 Å². The predicted octanol–water partition coefficient (Wildman–Crippen LogP) is 3.14. The van der Waals surface area contributed by atoms with Gasteiger partial charge in [0, 0.05) is 12.0 Å². The molecule has 0 aromatic heterocycles. The fourth-order valence-corrected chi connectivity index (χ4v) is 2.25. The van der Waals surface area contributed by atoms with Gasteiger partial charge in [0.25, 0.3) is 5.91 Å². The van der Waals surface area contributed by atoms with Gasteiger partial charge in [-0.3, -0.25) is 4.79 Å². The molecular formula is C18H16F3NO4. The summed E-state index contributed by atoms with van der Waals surface area (Å²) in [5, 5.41) is 11.6. The Balaban J connectivity index is 2.08. The van der Waals surface area contributed by atoms with Crippen LogP contribution < -0.4 is 10.1 Å². The second-order valence-corrected chi connectivity index (χ2v) is 5.49. The van der Waals surface area contributed by atoms with Crippen molar-refractivity contribution in [2.24, 2.45) is 0 Å². The molecule has 0 aliphatic carbocycles. The van der Waals surface area contributed by atoms with Crippen LogP contribution in [-0.2, 0) is 17.4 Å². The minimum atomic E-state index is -4.51. The average Bonchev–Trinajstić information content (AvgIpc) is 2.61. The first-order valence-corrected chi connectivity index (χ1v) is 7.54. The largest absolute Gasteiger partial charge is 0.497 e. The Morgan fingerprint density at radius 3 is 2.12 bits per heavy atom. The SMILES string of the molecule is COc1ccc(C[C@@H](NC(=O)c2ccc(C(F)(F)F)cc2)C(=O)O)cc1. The van der Waals surface area contributed by atoms with Crippen molar-refractivity contribution in [1.29, 1.82) is 0 Å². The highest BCUT2D eigenvalue weighted by Crippen LogP contribution is 2.29. The number of rotatable bonds is 6. The monoisotopic (exact) mass is 367 g/mol. The molecule has 0 fully saturated rings. The van der Waals surface area contributed by atoms with Gasteiger partial charge in [-0.15, -0.1) is 0 Å². The topological polar surface area (TPSA) is 75.6 Å². The first-order valence-electron chi connectivity index (χ1n) is 7.54. The predicted molar refractivity (Wildman–Crippen MR) is 87.0 cm³/mol. The quantitative estimate of drug-likeness (QED) is 0.823. The van der Waals surface area contributed by atoms with Crippen LogP contribution in [0.2, 0.25) is 0 Å². The van der Waals surface area contributed by atoms with Gasteiger partial charge in [0.05, 0.1) is 12.7 Å². The molecule has 0 heterocycles. The van der Waals surface area contributed by atoms with E-state index in [4.69, 9.17) is 4.74 Å². The number of carboxylic acid groups (broad SMARTS) is 1. The van der Waals surface area contributed by atoms with E-state index >= 15 is 0 Å². The van der Waals surface area contributed by atoms with E-state index in [1.807, 2.05) is 0 Å². The van der Waals surface area contributed by atoms with Gasteiger partial charge in [-0.05, 0) is 42.0 Å². The van der Waals surface area contributed by atoms with E-state index in [9.17, 15) is 27.9 Å². The fourth-order valence-electron chi connectivity index (χ4n) is 2.25. The van der Waals surface area contributed by atoms with Gasteiger partial charge in [-0.2, -0.15) is 13.2 Å². The number of amides is 1. The van der Waals surface area contributed by atoms with Crippen molar-refractivity contribution in [3.8, 4) is 5.75 Å². The van der Waals surface area contributed by atoms with Crippen LogP contribution in [0.1, 0.15) is 21.5 Å². The van der Waals surface area contributed by atoms with Crippen LogP contribution in [0.25, 0.3) is 0 Å². The van der Waals surface area contributed by atoms with Gasteiger partial charge in [0.1, 0.15) is 11.8 Å². The number of benzene rings is 2. The lowest BCUT2D eigenvalue weighted by Crippen LogP contribution is -2.42. The number of carbonyl (C=O) groups excluding carboxylic acids is 1. The van der Waals surface area contributed by atoms with Crippen molar-refractivity contribution in [1.82, 2.24) is 5.32 Å². The third-order valence-corrected chi connectivity index (χ3v) is 3.68. The lowest BCUT2D eigenvalue weighted by atomic mass is 10.0. The second-order valence-electron chi connectivity index (χ2n) is 5.49. The second kappa shape index (κ2) is 7.90. The summed E-state index contributed by atoms with van der Waals surface area (Å²) in [6.07, 6.45) is -4.49. The smallest absolute Gasteiger partial charge is 0.416 e. The highest BCUT2D eigenvalue weighted by molar-refractivity contribution is 5.96. The number of aliphatic carboxylic acids is 1. The molecule has 0 aliphatic rings. The van der Waals surface area contributed by atoms with Crippen molar-refractivity contribution in [2.75, 3.05) is 7.11 Å². The van der Waals surface area contributed by atoms with Crippen LogP contribution in [0.4, 0.5) is 13.2 Å². The third kappa shape index (κ3) is 4.98. The molecule has 2 rings (SSSR count). The number of hydrogen-bond donors (Lipinski definition) is 2. The third-order valence-electron chi connectivity index (χ3n) is 3.68. The van der Waals surface area contributed by atoms with Crippen LogP contribution in [0.15, 0.2) is 48.5 Å². The summed E-state index contributed by atoms with van der Waals surface area (Å²) >= 11 is 0. The van der Waals surface area contributed by atoms with E-state index in [-0.39, 0.29) is 12.0 Å². The molecule has 5 nitrogen and oxygen atoms in total. The number of ether oxygens (including phenoxy) is 1. The Bertz CT molecular complexity index is 771. The Hall–Kier alpha value is -3.03. The van der Waals surface area contributed by atoms with E-state index in [1.54, 1.807) is 24.3 Å². The molecule has 2 N–H and O–H groups in total. The molecule has 8 heteroatoms.